The zero-order valence-electron chi connectivity index (χ0n) is 24.1. The van der Waals surface area contributed by atoms with E-state index in [4.69, 9.17) is 16.3 Å². The molecule has 5 rings (SSSR count). The number of carbonyl (C=O) groups excluding carboxylic acids is 4. The third-order valence-electron chi connectivity index (χ3n) is 6.73. The summed E-state index contributed by atoms with van der Waals surface area (Å²) in [6, 6.07) is 6.03. The average molecular weight is 683 g/mol. The number of aryl methyl sites for hydroxylation is 2. The van der Waals surface area contributed by atoms with E-state index in [0.29, 0.717) is 22.0 Å². The van der Waals surface area contributed by atoms with E-state index in [1.807, 2.05) is 0 Å². The van der Waals surface area contributed by atoms with Gasteiger partial charge < -0.3 is 30.3 Å². The number of rotatable bonds is 11. The summed E-state index contributed by atoms with van der Waals surface area (Å²) in [6.07, 6.45) is 1.28. The molecule has 1 saturated heterocycles. The Morgan fingerprint density at radius 2 is 2.00 bits per heavy atom. The Kier molecular flexibility index (Phi) is 11.4. The van der Waals surface area contributed by atoms with E-state index in [1.54, 1.807) is 44.3 Å². The Balaban J connectivity index is 0.00000461. The number of halogens is 1. The second kappa shape index (κ2) is 14.8. The van der Waals surface area contributed by atoms with Gasteiger partial charge in [-0.1, -0.05) is 53.7 Å². The van der Waals surface area contributed by atoms with Crippen LogP contribution in [0.2, 0.25) is 5.02 Å². The molecule has 2 aliphatic rings. The number of pyridine rings is 1. The number of thioether (sulfide) groups is 2. The van der Waals surface area contributed by atoms with E-state index in [1.165, 1.54) is 34.4 Å². The maximum Gasteiger partial charge on any atom is 1.00 e. The summed E-state index contributed by atoms with van der Waals surface area (Å²) in [5, 5.41) is 28.2. The average Bonchev–Trinajstić information content (AvgIpc) is 3.43. The topological polar surface area (TPSA) is 204 Å². The Morgan fingerprint density at radius 1 is 1.27 bits per heavy atom. The largest absolute Gasteiger partial charge is 1.00 e. The molecule has 3 atom stereocenters. The summed E-state index contributed by atoms with van der Waals surface area (Å²) in [6.45, 7) is 1.01. The molecule has 4 heterocycles. The van der Waals surface area contributed by atoms with Crippen LogP contribution in [0.4, 0.5) is 0 Å². The zero-order chi connectivity index (χ0) is 31.5. The van der Waals surface area contributed by atoms with Crippen molar-refractivity contribution < 1.29 is 58.6 Å². The fourth-order valence-electron chi connectivity index (χ4n) is 4.49. The van der Waals surface area contributed by atoms with E-state index in [2.05, 4.69) is 31.1 Å². The number of fused-ring (bicyclic) bond motifs is 1. The summed E-state index contributed by atoms with van der Waals surface area (Å²) in [5.74, 6) is -3.26. The molecule has 0 radical (unpaired) electrons. The van der Waals surface area contributed by atoms with Crippen LogP contribution in [0.15, 0.2) is 57.7 Å². The first kappa shape index (κ1) is 34.5. The van der Waals surface area contributed by atoms with Gasteiger partial charge in [-0.3, -0.25) is 24.1 Å². The van der Waals surface area contributed by atoms with Crippen molar-refractivity contribution in [1.82, 2.24) is 40.7 Å². The van der Waals surface area contributed by atoms with Gasteiger partial charge in [-0.15, -0.1) is 16.9 Å². The summed E-state index contributed by atoms with van der Waals surface area (Å²) in [7, 11) is 1.65. The van der Waals surface area contributed by atoms with Crippen molar-refractivity contribution in [3.63, 3.8) is 0 Å². The van der Waals surface area contributed by atoms with Gasteiger partial charge in [-0.2, -0.15) is 0 Å². The van der Waals surface area contributed by atoms with Gasteiger partial charge in [-0.25, -0.2) is 4.68 Å². The number of nitrogens with zero attached hydrogens (tertiary/aromatic N) is 5. The number of nitrogens with one attached hydrogen (secondary N) is 3. The normalized spacial score (nSPS) is 17.8. The van der Waals surface area contributed by atoms with E-state index < -0.39 is 53.2 Å². The van der Waals surface area contributed by atoms with Gasteiger partial charge in [0.2, 0.25) is 16.5 Å². The fourth-order valence-corrected chi connectivity index (χ4v) is 6.98. The molecule has 2 aromatic heterocycles. The fraction of sp³-hybridized carbons (Fsp3) is 0.308. The number of aromatic amines is 1. The number of benzene rings is 1. The second-order valence-corrected chi connectivity index (χ2v) is 12.1. The smallest absolute Gasteiger partial charge is 0.543 e. The molecule has 230 valence electrons. The van der Waals surface area contributed by atoms with Crippen molar-refractivity contribution in [3.8, 4) is 5.75 Å². The quantitative estimate of drug-likeness (QED) is 0.102. The Labute approximate surface area is 291 Å². The van der Waals surface area contributed by atoms with Gasteiger partial charge in [-0.05, 0) is 28.5 Å². The van der Waals surface area contributed by atoms with Crippen molar-refractivity contribution in [3.05, 3.63) is 74.3 Å². The van der Waals surface area contributed by atoms with Gasteiger partial charge in [0.15, 0.2) is 12.4 Å². The molecule has 15 nitrogen and oxygen atoms in total. The van der Waals surface area contributed by atoms with Gasteiger partial charge in [0.05, 0.1) is 11.7 Å². The molecule has 0 saturated carbocycles. The molecule has 19 heteroatoms. The summed E-state index contributed by atoms with van der Waals surface area (Å²) in [5.41, 5.74) is 0.473. The van der Waals surface area contributed by atoms with Crippen LogP contribution in [0.5, 0.6) is 5.75 Å². The first-order valence-corrected chi connectivity index (χ1v) is 15.4. The molecule has 2 aliphatic heterocycles. The molecule has 1 fully saturated rings. The van der Waals surface area contributed by atoms with Gasteiger partial charge in [0.25, 0.3) is 11.8 Å². The third kappa shape index (κ3) is 7.39. The van der Waals surface area contributed by atoms with Crippen LogP contribution in [0.3, 0.4) is 0 Å². The third-order valence-corrected chi connectivity index (χ3v) is 9.62. The first-order chi connectivity index (χ1) is 21.1. The van der Waals surface area contributed by atoms with Gasteiger partial charge in [0.1, 0.15) is 22.5 Å². The van der Waals surface area contributed by atoms with Crippen molar-refractivity contribution >= 4 is 58.8 Å². The van der Waals surface area contributed by atoms with Crippen molar-refractivity contribution in [1.29, 1.82) is 0 Å². The molecule has 3 aromatic rings. The first-order valence-electron chi connectivity index (χ1n) is 12.9. The number of aromatic nitrogens is 5. The molecule has 0 spiro atoms. The minimum Gasteiger partial charge on any atom is -0.543 e. The van der Waals surface area contributed by atoms with E-state index in [-0.39, 0.29) is 57.5 Å². The number of carboxylic acids is 1. The second-order valence-electron chi connectivity index (χ2n) is 9.63. The Hall–Kier alpha value is -3.35. The Bertz CT molecular complexity index is 1720. The standard InChI is InChI=1S/C26H25ClN8O7S2.Na/c1-12-17(27)21(37)15(8-28-12)42-9-16(36)29-18(13-6-4-3-5-7-13)22(38)30-19-23(39)35-20(25(40)41)14(10-43-24(19)35)11-44-26-31-32-33-34(26)2;/h3-8,18-19,24H,9-11H2,1-2H3,(H,28,37)(H,29,36)(H,30,38)(H,40,41);/q;+1/p-1/t18-,19?,24-;/m1./s1. The number of hydrogen-bond donors (Lipinski definition) is 3. The van der Waals surface area contributed by atoms with Crippen LogP contribution >= 0.6 is 35.1 Å². The van der Waals surface area contributed by atoms with Crippen LogP contribution in [-0.4, -0.2) is 83.3 Å². The predicted octanol–water partition coefficient (Wildman–Crippen LogP) is -3.70. The Morgan fingerprint density at radius 3 is 2.67 bits per heavy atom. The summed E-state index contributed by atoms with van der Waals surface area (Å²) < 4.78 is 6.77. The summed E-state index contributed by atoms with van der Waals surface area (Å²) >= 11 is 8.45. The molecule has 1 unspecified atom stereocenters. The van der Waals surface area contributed by atoms with E-state index >= 15 is 0 Å². The van der Waals surface area contributed by atoms with E-state index in [0.717, 1.165) is 4.90 Å². The van der Waals surface area contributed by atoms with Crippen molar-refractivity contribution in [2.75, 3.05) is 18.1 Å². The number of hydrogen-bond acceptors (Lipinski definition) is 12. The molecule has 45 heavy (non-hydrogen) atoms. The number of aliphatic carboxylic acids is 1. The van der Waals surface area contributed by atoms with Crippen LogP contribution in [0.25, 0.3) is 0 Å². The monoisotopic (exact) mass is 682 g/mol. The number of H-pyrrole nitrogens is 1. The number of amides is 3. The molecule has 3 N–H and O–H groups in total. The molecule has 0 aliphatic carbocycles. The molecule has 0 bridgehead atoms. The van der Waals surface area contributed by atoms with Crippen molar-refractivity contribution in [2.24, 2.45) is 7.05 Å². The van der Waals surface area contributed by atoms with Crippen LogP contribution in [-0.2, 0) is 26.2 Å². The van der Waals surface area contributed by atoms with Crippen LogP contribution in [0.1, 0.15) is 17.3 Å². The maximum atomic E-state index is 13.5. The molecular formula is C26H24ClN8NaO7S2. The van der Waals surface area contributed by atoms with Gasteiger partial charge in [0, 0.05) is 30.4 Å². The SMILES string of the molecule is Cc1[nH]cc(OCC(=O)N[C@@H](C(=O)NC2C(=O)N3C(C(=O)[O-])=C(CSc4nnnn4C)CS[C@H]23)c2ccccc2)c(=O)c1Cl.[Na+]. The molecule has 3 amide bonds. The number of carbonyl (C=O) groups is 4. The van der Waals surface area contributed by atoms with Crippen LogP contribution < -0.4 is 55.5 Å². The minimum atomic E-state index is -1.51. The van der Waals surface area contributed by atoms with Crippen LogP contribution in [0, 0.1) is 6.92 Å². The number of carboxylic acid groups (broad SMARTS) is 1. The van der Waals surface area contributed by atoms with Gasteiger partial charge >= 0.3 is 29.6 Å². The zero-order valence-corrected chi connectivity index (χ0v) is 28.5. The van der Waals surface area contributed by atoms with Crippen molar-refractivity contribution in [2.45, 2.75) is 29.5 Å². The number of tetrazole rings is 1. The molecule has 1 aromatic carbocycles. The maximum absolute atomic E-state index is 13.5. The van der Waals surface area contributed by atoms with E-state index in [9.17, 15) is 29.1 Å². The predicted molar refractivity (Wildman–Crippen MR) is 156 cm³/mol. The number of ether oxygens (including phenoxy) is 1. The minimum absolute atomic E-state index is 0. The summed E-state index contributed by atoms with van der Waals surface area (Å²) in [4.78, 5) is 67.7. The number of β-lactam (4-membered cyclic amide) rings is 1. The molecular weight excluding hydrogens is 659 g/mol.